The first kappa shape index (κ1) is 18.0. The van der Waals surface area contributed by atoms with Crippen molar-refractivity contribution in [1.29, 1.82) is 0 Å². The number of esters is 1. The van der Waals surface area contributed by atoms with Gasteiger partial charge in [0.25, 0.3) is 0 Å². The van der Waals surface area contributed by atoms with E-state index in [0.717, 1.165) is 10.6 Å². The summed E-state index contributed by atoms with van der Waals surface area (Å²) in [6, 6.07) is 2.65. The van der Waals surface area contributed by atoms with E-state index in [4.69, 9.17) is 4.74 Å². The lowest BCUT2D eigenvalue weighted by atomic mass is 9.88. The maximum Gasteiger partial charge on any atom is 0.347 e. The Morgan fingerprint density at radius 3 is 2.58 bits per heavy atom. The van der Waals surface area contributed by atoms with Gasteiger partial charge in [0.2, 0.25) is 11.3 Å². The van der Waals surface area contributed by atoms with Crippen LogP contribution in [0.3, 0.4) is 0 Å². The second kappa shape index (κ2) is 6.63. The molecule has 0 fully saturated rings. The van der Waals surface area contributed by atoms with Crippen LogP contribution in [0.2, 0.25) is 0 Å². The molecule has 0 aliphatic carbocycles. The van der Waals surface area contributed by atoms with Gasteiger partial charge >= 0.3 is 5.97 Å². The SMILES string of the molecule is CCOC(=O)c1c(O)n2cc(F)ccc2c(CCC(C)(C)C)c1=O. The molecule has 0 spiro atoms. The van der Waals surface area contributed by atoms with Crippen molar-refractivity contribution in [2.75, 3.05) is 6.61 Å². The third kappa shape index (κ3) is 3.58. The summed E-state index contributed by atoms with van der Waals surface area (Å²) in [5, 5.41) is 10.3. The van der Waals surface area contributed by atoms with Crippen molar-refractivity contribution < 1.29 is 19.0 Å². The Bertz CT molecular complexity index is 833. The molecule has 2 aromatic heterocycles. The number of hydrogen-bond acceptors (Lipinski definition) is 4. The summed E-state index contributed by atoms with van der Waals surface area (Å²) in [4.78, 5) is 24.8. The molecule has 0 amide bonds. The zero-order valence-corrected chi connectivity index (χ0v) is 14.4. The van der Waals surface area contributed by atoms with Crippen LogP contribution in [0, 0.1) is 11.2 Å². The third-order valence-corrected chi connectivity index (χ3v) is 3.78. The van der Waals surface area contributed by atoms with E-state index in [9.17, 15) is 19.1 Å². The van der Waals surface area contributed by atoms with Crippen LogP contribution in [0.25, 0.3) is 5.52 Å². The number of carbonyl (C=O) groups is 1. The predicted octanol–water partition coefficient (Wildman–Crippen LogP) is 3.30. The second-order valence-corrected chi connectivity index (χ2v) is 6.89. The van der Waals surface area contributed by atoms with E-state index in [2.05, 4.69) is 0 Å². The molecule has 130 valence electrons. The Labute approximate surface area is 139 Å². The number of rotatable bonds is 4. The number of pyridine rings is 2. The van der Waals surface area contributed by atoms with E-state index < -0.39 is 28.7 Å². The van der Waals surface area contributed by atoms with Crippen LogP contribution in [0.5, 0.6) is 5.88 Å². The zero-order valence-electron chi connectivity index (χ0n) is 14.4. The van der Waals surface area contributed by atoms with E-state index in [-0.39, 0.29) is 12.0 Å². The molecule has 0 saturated heterocycles. The van der Waals surface area contributed by atoms with Gasteiger partial charge in [-0.3, -0.25) is 9.20 Å². The number of ether oxygens (including phenoxy) is 1. The van der Waals surface area contributed by atoms with Gasteiger partial charge in [-0.15, -0.1) is 0 Å². The van der Waals surface area contributed by atoms with Gasteiger partial charge in [0.15, 0.2) is 5.56 Å². The average Bonchev–Trinajstić information content (AvgIpc) is 2.47. The van der Waals surface area contributed by atoms with Gasteiger partial charge in [0.05, 0.1) is 12.1 Å². The Morgan fingerprint density at radius 1 is 1.33 bits per heavy atom. The fourth-order valence-electron chi connectivity index (χ4n) is 2.51. The molecule has 0 aliphatic rings. The molecule has 0 radical (unpaired) electrons. The van der Waals surface area contributed by atoms with Gasteiger partial charge < -0.3 is 9.84 Å². The highest BCUT2D eigenvalue weighted by Gasteiger charge is 2.25. The van der Waals surface area contributed by atoms with Crippen molar-refractivity contribution in [2.45, 2.75) is 40.5 Å². The summed E-state index contributed by atoms with van der Waals surface area (Å²) < 4.78 is 19.6. The van der Waals surface area contributed by atoms with E-state index in [1.807, 2.05) is 20.8 Å². The highest BCUT2D eigenvalue weighted by atomic mass is 19.1. The second-order valence-electron chi connectivity index (χ2n) is 6.89. The van der Waals surface area contributed by atoms with E-state index in [1.54, 1.807) is 6.92 Å². The molecule has 0 aromatic carbocycles. The van der Waals surface area contributed by atoms with Gasteiger partial charge in [0, 0.05) is 11.8 Å². The largest absolute Gasteiger partial charge is 0.493 e. The summed E-state index contributed by atoms with van der Waals surface area (Å²) >= 11 is 0. The molecule has 0 atom stereocenters. The monoisotopic (exact) mass is 335 g/mol. The normalized spacial score (nSPS) is 11.7. The fraction of sp³-hybridized carbons (Fsp3) is 0.444. The van der Waals surface area contributed by atoms with Crippen LogP contribution in [-0.2, 0) is 11.2 Å². The summed E-state index contributed by atoms with van der Waals surface area (Å²) in [5.74, 6) is -2.10. The first-order valence-electron chi connectivity index (χ1n) is 7.88. The molecule has 0 aliphatic heterocycles. The average molecular weight is 335 g/mol. The number of nitrogens with zero attached hydrogens (tertiary/aromatic N) is 1. The van der Waals surface area contributed by atoms with E-state index >= 15 is 0 Å². The lowest BCUT2D eigenvalue weighted by molar-refractivity contribution is 0.0520. The molecule has 24 heavy (non-hydrogen) atoms. The maximum absolute atomic E-state index is 13.6. The molecule has 0 unspecified atom stereocenters. The maximum atomic E-state index is 13.6. The molecule has 5 nitrogen and oxygen atoms in total. The molecule has 2 heterocycles. The van der Waals surface area contributed by atoms with Crippen LogP contribution in [-0.4, -0.2) is 22.1 Å². The lowest BCUT2D eigenvalue weighted by Gasteiger charge is -2.19. The zero-order chi connectivity index (χ0) is 18.1. The van der Waals surface area contributed by atoms with Gasteiger partial charge in [-0.05, 0) is 37.3 Å². The van der Waals surface area contributed by atoms with Crippen molar-refractivity contribution >= 4 is 11.5 Å². The minimum absolute atomic E-state index is 0.0224. The minimum atomic E-state index is -0.907. The summed E-state index contributed by atoms with van der Waals surface area (Å²) in [5.41, 5.74) is -0.293. The van der Waals surface area contributed by atoms with Crippen LogP contribution in [0.4, 0.5) is 4.39 Å². The van der Waals surface area contributed by atoms with Crippen LogP contribution in [0.1, 0.15) is 50.0 Å². The van der Waals surface area contributed by atoms with Crippen molar-refractivity contribution in [3.05, 3.63) is 45.5 Å². The minimum Gasteiger partial charge on any atom is -0.493 e. The van der Waals surface area contributed by atoms with Crippen molar-refractivity contribution in [3.63, 3.8) is 0 Å². The Kier molecular flexibility index (Phi) is 4.96. The predicted molar refractivity (Wildman–Crippen MR) is 89.0 cm³/mol. The molecule has 0 bridgehead atoms. The summed E-state index contributed by atoms with van der Waals surface area (Å²) in [6.45, 7) is 7.80. The first-order valence-corrected chi connectivity index (χ1v) is 7.88. The van der Waals surface area contributed by atoms with E-state index in [1.165, 1.54) is 12.1 Å². The third-order valence-electron chi connectivity index (χ3n) is 3.78. The topological polar surface area (TPSA) is 68.0 Å². The highest BCUT2D eigenvalue weighted by Crippen LogP contribution is 2.25. The van der Waals surface area contributed by atoms with E-state index in [0.29, 0.717) is 23.9 Å². The standard InChI is InChI=1S/C18H22FNO4/c1-5-24-17(23)14-15(21)12(8-9-18(2,3)4)13-7-6-11(19)10-20(13)16(14)22/h6-7,10,22H,5,8-9H2,1-4H3. The smallest absolute Gasteiger partial charge is 0.347 e. The van der Waals surface area contributed by atoms with Crippen molar-refractivity contribution in [1.82, 2.24) is 4.40 Å². The summed E-state index contributed by atoms with van der Waals surface area (Å²) in [6.07, 6.45) is 2.15. The van der Waals surface area contributed by atoms with Gasteiger partial charge in [-0.2, -0.15) is 0 Å². The van der Waals surface area contributed by atoms with Crippen LogP contribution >= 0.6 is 0 Å². The molecule has 2 aromatic rings. The van der Waals surface area contributed by atoms with Crippen LogP contribution < -0.4 is 5.43 Å². The van der Waals surface area contributed by atoms with Gasteiger partial charge in [-0.25, -0.2) is 9.18 Å². The first-order chi connectivity index (χ1) is 11.2. The van der Waals surface area contributed by atoms with Gasteiger partial charge in [0.1, 0.15) is 5.82 Å². The summed E-state index contributed by atoms with van der Waals surface area (Å²) in [7, 11) is 0. The molecule has 2 rings (SSSR count). The number of halogens is 1. The van der Waals surface area contributed by atoms with Gasteiger partial charge in [-0.1, -0.05) is 20.8 Å². The fourth-order valence-corrected chi connectivity index (χ4v) is 2.51. The number of hydrogen-bond donors (Lipinski definition) is 1. The highest BCUT2D eigenvalue weighted by molar-refractivity contribution is 5.92. The van der Waals surface area contributed by atoms with Crippen molar-refractivity contribution in [3.8, 4) is 5.88 Å². The molecule has 6 heteroatoms. The van der Waals surface area contributed by atoms with Crippen molar-refractivity contribution in [2.24, 2.45) is 5.41 Å². The molecule has 1 N–H and O–H groups in total. The molecule has 0 saturated carbocycles. The molecular weight excluding hydrogens is 313 g/mol. The Morgan fingerprint density at radius 2 is 2.00 bits per heavy atom. The quantitative estimate of drug-likeness (QED) is 0.871. The Balaban J connectivity index is 2.74. The number of aromatic hydroxyl groups is 1. The number of fused-ring (bicyclic) bond motifs is 1. The number of carbonyl (C=O) groups excluding carboxylic acids is 1. The van der Waals surface area contributed by atoms with Crippen LogP contribution in [0.15, 0.2) is 23.1 Å². The molecular formula is C18H22FNO4. The lowest BCUT2D eigenvalue weighted by Crippen LogP contribution is -2.24. The Hall–Kier alpha value is -2.37. The number of aromatic nitrogens is 1. The number of aryl methyl sites for hydroxylation is 1.